The van der Waals surface area contributed by atoms with E-state index in [0.29, 0.717) is 6.42 Å². The van der Waals surface area contributed by atoms with Crippen LogP contribution in [0.5, 0.6) is 0 Å². The Hall–Kier alpha value is -0.870. The summed E-state index contributed by atoms with van der Waals surface area (Å²) in [6.07, 6.45) is 1.91. The number of nitrogens with one attached hydrogen (secondary N) is 1. The fourth-order valence-electron chi connectivity index (χ4n) is 1.95. The normalized spacial score (nSPS) is 13.6. The first-order valence-electron chi connectivity index (χ1n) is 6.31. The summed E-state index contributed by atoms with van der Waals surface area (Å²) in [5.74, 6) is 0.220. The summed E-state index contributed by atoms with van der Waals surface area (Å²) in [4.78, 5) is 0. The van der Waals surface area contributed by atoms with Crippen molar-refractivity contribution in [1.29, 1.82) is 0 Å². The maximum Gasteiger partial charge on any atom is 0.147 e. The van der Waals surface area contributed by atoms with E-state index in [4.69, 9.17) is 0 Å². The maximum atomic E-state index is 11.3. The zero-order valence-electron chi connectivity index (χ0n) is 11.7. The molecule has 3 nitrogen and oxygen atoms in total. The molecule has 0 amide bonds. The predicted molar refractivity (Wildman–Crippen MR) is 76.7 cm³/mol. The van der Waals surface area contributed by atoms with E-state index in [9.17, 15) is 8.42 Å². The molecule has 0 aliphatic carbocycles. The minimum absolute atomic E-state index is 0.115. The van der Waals surface area contributed by atoms with E-state index in [2.05, 4.69) is 37.4 Å². The zero-order valence-corrected chi connectivity index (χ0v) is 12.5. The van der Waals surface area contributed by atoms with Gasteiger partial charge in [-0.25, -0.2) is 8.42 Å². The second-order valence-electron chi connectivity index (χ2n) is 4.87. The molecule has 0 saturated carbocycles. The summed E-state index contributed by atoms with van der Waals surface area (Å²) in [6, 6.07) is 6.43. The van der Waals surface area contributed by atoms with Gasteiger partial charge >= 0.3 is 0 Å². The Morgan fingerprint density at radius 2 is 1.89 bits per heavy atom. The van der Waals surface area contributed by atoms with Crippen molar-refractivity contribution in [2.24, 2.45) is 0 Å². The quantitative estimate of drug-likeness (QED) is 0.862. The van der Waals surface area contributed by atoms with Crippen LogP contribution < -0.4 is 5.32 Å². The molecule has 102 valence electrons. The Kier molecular flexibility index (Phi) is 5.35. The molecule has 0 aliphatic heterocycles. The van der Waals surface area contributed by atoms with Crippen molar-refractivity contribution in [3.05, 3.63) is 34.9 Å². The van der Waals surface area contributed by atoms with Crippen molar-refractivity contribution in [2.75, 3.05) is 18.6 Å². The lowest BCUT2D eigenvalue weighted by Crippen LogP contribution is -2.23. The molecule has 0 radical (unpaired) electrons. The highest BCUT2D eigenvalue weighted by Crippen LogP contribution is 2.20. The summed E-state index contributed by atoms with van der Waals surface area (Å²) in [5.41, 5.74) is 3.68. The van der Waals surface area contributed by atoms with Crippen molar-refractivity contribution in [2.45, 2.75) is 33.2 Å². The molecular formula is C14H23NO2S. The predicted octanol–water partition coefficient (Wildman–Crippen LogP) is 2.39. The lowest BCUT2D eigenvalue weighted by molar-refractivity contribution is 0.529. The summed E-state index contributed by atoms with van der Waals surface area (Å²) < 4.78 is 22.5. The van der Waals surface area contributed by atoms with Crippen LogP contribution in [0.25, 0.3) is 0 Å². The van der Waals surface area contributed by atoms with E-state index in [1.54, 1.807) is 0 Å². The molecule has 0 aromatic heterocycles. The molecule has 1 N–H and O–H groups in total. The molecule has 1 aromatic rings. The average molecular weight is 269 g/mol. The van der Waals surface area contributed by atoms with Gasteiger partial charge in [0.15, 0.2) is 0 Å². The molecular weight excluding hydrogens is 246 g/mol. The first-order chi connectivity index (χ1) is 8.33. The van der Waals surface area contributed by atoms with Crippen molar-refractivity contribution in [3.63, 3.8) is 0 Å². The minimum Gasteiger partial charge on any atom is -0.310 e. The van der Waals surface area contributed by atoms with Gasteiger partial charge in [-0.15, -0.1) is 0 Å². The van der Waals surface area contributed by atoms with Gasteiger partial charge in [0.25, 0.3) is 0 Å². The number of aryl methyl sites for hydroxylation is 2. The molecule has 4 heteroatoms. The van der Waals surface area contributed by atoms with Crippen LogP contribution in [0.4, 0.5) is 0 Å². The Morgan fingerprint density at radius 3 is 2.39 bits per heavy atom. The molecule has 0 saturated heterocycles. The molecule has 1 aromatic carbocycles. The van der Waals surface area contributed by atoms with E-state index in [1.165, 1.54) is 22.9 Å². The van der Waals surface area contributed by atoms with Crippen molar-refractivity contribution in [3.8, 4) is 0 Å². The van der Waals surface area contributed by atoms with Crippen molar-refractivity contribution < 1.29 is 8.42 Å². The van der Waals surface area contributed by atoms with Crippen LogP contribution in [0.2, 0.25) is 0 Å². The van der Waals surface area contributed by atoms with Crippen LogP contribution >= 0.6 is 0 Å². The highest BCUT2D eigenvalue weighted by molar-refractivity contribution is 7.90. The molecule has 1 atom stereocenters. The van der Waals surface area contributed by atoms with E-state index < -0.39 is 9.84 Å². The van der Waals surface area contributed by atoms with Gasteiger partial charge in [0.1, 0.15) is 9.84 Å². The molecule has 1 rings (SSSR count). The smallest absolute Gasteiger partial charge is 0.147 e. The van der Waals surface area contributed by atoms with E-state index in [-0.39, 0.29) is 11.8 Å². The van der Waals surface area contributed by atoms with Crippen molar-refractivity contribution >= 4 is 9.84 Å². The van der Waals surface area contributed by atoms with E-state index in [1.807, 2.05) is 6.92 Å². The number of rotatable bonds is 6. The Morgan fingerprint density at radius 1 is 1.22 bits per heavy atom. The summed E-state index contributed by atoms with van der Waals surface area (Å²) in [6.45, 7) is 7.03. The van der Waals surface area contributed by atoms with E-state index in [0.717, 1.165) is 6.54 Å². The Bertz CT molecular complexity index is 495. The summed E-state index contributed by atoms with van der Waals surface area (Å²) in [7, 11) is -2.90. The third-order valence-corrected chi connectivity index (χ3v) is 4.14. The van der Waals surface area contributed by atoms with Crippen LogP contribution in [-0.2, 0) is 9.84 Å². The van der Waals surface area contributed by atoms with Gasteiger partial charge in [0.2, 0.25) is 0 Å². The minimum atomic E-state index is -2.90. The van der Waals surface area contributed by atoms with Crippen LogP contribution in [0.15, 0.2) is 18.2 Å². The van der Waals surface area contributed by atoms with Gasteiger partial charge in [-0.05, 0) is 43.5 Å². The standard InChI is InChI=1S/C14H23NO2S/c1-5-15-14(8-9-18(4,16)17)13-7-6-11(2)12(3)10-13/h6-7,10,14-15H,5,8-9H2,1-4H3. The SMILES string of the molecule is CCNC(CCS(C)(=O)=O)c1ccc(C)c(C)c1. The summed E-state index contributed by atoms with van der Waals surface area (Å²) >= 11 is 0. The fraction of sp³-hybridized carbons (Fsp3) is 0.571. The van der Waals surface area contributed by atoms with Gasteiger partial charge in [-0.2, -0.15) is 0 Å². The lowest BCUT2D eigenvalue weighted by Gasteiger charge is -2.19. The van der Waals surface area contributed by atoms with Gasteiger partial charge < -0.3 is 5.32 Å². The number of benzene rings is 1. The second kappa shape index (κ2) is 6.34. The second-order valence-corrected chi connectivity index (χ2v) is 7.13. The number of sulfone groups is 1. The third-order valence-electron chi connectivity index (χ3n) is 3.16. The van der Waals surface area contributed by atoms with E-state index >= 15 is 0 Å². The Balaban J connectivity index is 2.86. The first-order valence-corrected chi connectivity index (χ1v) is 8.38. The highest BCUT2D eigenvalue weighted by atomic mass is 32.2. The van der Waals surface area contributed by atoms with Crippen LogP contribution in [0.1, 0.15) is 36.1 Å². The van der Waals surface area contributed by atoms with Crippen LogP contribution in [-0.4, -0.2) is 27.0 Å². The largest absolute Gasteiger partial charge is 0.310 e. The monoisotopic (exact) mass is 269 g/mol. The van der Waals surface area contributed by atoms with Gasteiger partial charge in [-0.3, -0.25) is 0 Å². The molecule has 0 bridgehead atoms. The van der Waals surface area contributed by atoms with Gasteiger partial charge in [-0.1, -0.05) is 25.1 Å². The topological polar surface area (TPSA) is 46.2 Å². The molecule has 18 heavy (non-hydrogen) atoms. The number of hydrogen-bond donors (Lipinski definition) is 1. The lowest BCUT2D eigenvalue weighted by atomic mass is 9.99. The average Bonchev–Trinajstić information content (AvgIpc) is 2.27. The molecule has 0 aliphatic rings. The summed E-state index contributed by atoms with van der Waals surface area (Å²) in [5, 5.41) is 3.35. The first kappa shape index (κ1) is 15.2. The fourth-order valence-corrected chi connectivity index (χ4v) is 2.61. The molecule has 0 fully saturated rings. The van der Waals surface area contributed by atoms with Gasteiger partial charge in [0.05, 0.1) is 5.75 Å². The molecule has 1 unspecified atom stereocenters. The molecule has 0 heterocycles. The maximum absolute atomic E-state index is 11.3. The van der Waals surface area contributed by atoms with Crippen LogP contribution in [0.3, 0.4) is 0 Å². The third kappa shape index (κ3) is 4.78. The van der Waals surface area contributed by atoms with Gasteiger partial charge in [0, 0.05) is 12.3 Å². The number of hydrogen-bond acceptors (Lipinski definition) is 3. The zero-order chi connectivity index (χ0) is 13.8. The molecule has 0 spiro atoms. The Labute approximate surface area is 111 Å². The van der Waals surface area contributed by atoms with Crippen LogP contribution in [0, 0.1) is 13.8 Å². The highest BCUT2D eigenvalue weighted by Gasteiger charge is 2.13. The van der Waals surface area contributed by atoms with Crippen molar-refractivity contribution in [1.82, 2.24) is 5.32 Å².